The van der Waals surface area contributed by atoms with Gasteiger partial charge in [-0.3, -0.25) is 4.79 Å². The molecule has 7 aliphatic rings. The molecule has 0 bridgehead atoms. The molecule has 7 rings (SSSR count). The SMILES string of the molecule is C=C(C)[C@@H]1CC[C@]2(NCCN3CCC(S(C)(=O)=O)CC3)CC[C@]3(C)[C@H](CCC4[C@@]5(C)CC=C(C6=CC[C@](CF)(C(=O)O)CC6)C(C)(C)C5CC[C@]43C)[C@@H]12. The molecule has 5 fully saturated rings. The average molecular weight is 755 g/mol. The van der Waals surface area contributed by atoms with Crippen molar-refractivity contribution < 1.29 is 22.7 Å². The van der Waals surface area contributed by atoms with Crippen LogP contribution in [0.15, 0.2) is 35.5 Å². The van der Waals surface area contributed by atoms with Crippen LogP contribution in [0.3, 0.4) is 0 Å². The number of nitrogens with one attached hydrogen (secondary N) is 1. The number of halogens is 1. The maximum atomic E-state index is 14.0. The van der Waals surface area contributed by atoms with Gasteiger partial charge >= 0.3 is 5.97 Å². The smallest absolute Gasteiger partial charge is 0.312 e. The van der Waals surface area contributed by atoms with Gasteiger partial charge in [0.05, 0.1) is 10.7 Å². The van der Waals surface area contributed by atoms with Gasteiger partial charge in [-0.15, -0.1) is 0 Å². The molecule has 0 spiro atoms. The Morgan fingerprint density at radius 2 is 1.64 bits per heavy atom. The van der Waals surface area contributed by atoms with Crippen molar-refractivity contribution in [3.63, 3.8) is 0 Å². The van der Waals surface area contributed by atoms with E-state index in [2.05, 4.69) is 70.5 Å². The number of fused-ring (bicyclic) bond motifs is 7. The molecule has 4 saturated carbocycles. The highest BCUT2D eigenvalue weighted by Gasteiger charge is 2.70. The summed E-state index contributed by atoms with van der Waals surface area (Å²) in [7, 11) is -2.96. The number of nitrogens with zero attached hydrogens (tertiary/aromatic N) is 1. The van der Waals surface area contributed by atoms with Gasteiger partial charge in [-0.1, -0.05) is 58.9 Å². The molecule has 0 amide bonds. The van der Waals surface area contributed by atoms with Gasteiger partial charge in [-0.2, -0.15) is 0 Å². The van der Waals surface area contributed by atoms with Crippen LogP contribution in [0, 0.1) is 56.7 Å². The monoisotopic (exact) mass is 755 g/mol. The number of carboxylic acid groups (broad SMARTS) is 1. The Morgan fingerprint density at radius 1 is 0.925 bits per heavy atom. The highest BCUT2D eigenvalue weighted by atomic mass is 32.2. The first-order valence-electron chi connectivity index (χ1n) is 21.3. The van der Waals surface area contributed by atoms with Crippen LogP contribution in [0.2, 0.25) is 0 Å². The Morgan fingerprint density at radius 3 is 2.25 bits per heavy atom. The first kappa shape index (κ1) is 39.7. The van der Waals surface area contributed by atoms with Gasteiger partial charge in [0.2, 0.25) is 0 Å². The Balaban J connectivity index is 1.11. The molecular weight excluding hydrogens is 684 g/mol. The summed E-state index contributed by atoms with van der Waals surface area (Å²) < 4.78 is 38.3. The van der Waals surface area contributed by atoms with Crippen molar-refractivity contribution in [2.45, 2.75) is 142 Å². The molecule has 6 aliphatic carbocycles. The van der Waals surface area contributed by atoms with Crippen molar-refractivity contribution >= 4 is 15.8 Å². The van der Waals surface area contributed by atoms with Crippen molar-refractivity contribution in [3.8, 4) is 0 Å². The maximum absolute atomic E-state index is 14.0. The summed E-state index contributed by atoms with van der Waals surface area (Å²) in [5.74, 6) is 2.04. The summed E-state index contributed by atoms with van der Waals surface area (Å²) in [5, 5.41) is 13.9. The fraction of sp³-hybridized carbons (Fsp3) is 0.844. The number of aliphatic carboxylic acids is 1. The van der Waals surface area contributed by atoms with Crippen LogP contribution in [0.1, 0.15) is 131 Å². The number of hydrogen-bond acceptors (Lipinski definition) is 5. The standard InChI is InChI=1S/C45H71FN2O4S/c1-30(2)33-13-22-45(47-25-28-48-26-16-32(17-27-48)53(8,51)52)24-23-42(6)35(38(33)45)9-10-37-41(5)18-14-34(40(3,4)36(41)15-19-43(37,42)7)31-11-20-44(29-46,21-12-31)39(49)50/h11,14,32-33,35-38,47H,1,9-10,12-13,15-29H2,2-8H3,(H,49,50)/t33-,35+,36?,37?,38+,41-,42+,43+,44-,45-/m0/s1. The molecule has 2 unspecified atom stereocenters. The molecule has 298 valence electrons. The molecule has 53 heavy (non-hydrogen) atoms. The van der Waals surface area contributed by atoms with Crippen LogP contribution in [-0.2, 0) is 14.6 Å². The van der Waals surface area contributed by atoms with Gasteiger partial charge in [-0.05, 0) is 172 Å². The minimum absolute atomic E-state index is 0.0148. The molecule has 0 aromatic rings. The molecule has 8 heteroatoms. The van der Waals surface area contributed by atoms with Gasteiger partial charge < -0.3 is 15.3 Å². The Labute approximate surface area is 321 Å². The van der Waals surface area contributed by atoms with E-state index in [4.69, 9.17) is 0 Å². The van der Waals surface area contributed by atoms with Crippen molar-refractivity contribution in [2.75, 3.05) is 39.1 Å². The lowest BCUT2D eigenvalue weighted by Crippen LogP contribution is -2.68. The summed E-state index contributed by atoms with van der Waals surface area (Å²) in [6, 6.07) is 0. The average Bonchev–Trinajstić information content (AvgIpc) is 3.48. The largest absolute Gasteiger partial charge is 0.481 e. The third kappa shape index (κ3) is 6.10. The van der Waals surface area contributed by atoms with E-state index in [1.54, 1.807) is 0 Å². The summed E-state index contributed by atoms with van der Waals surface area (Å²) >= 11 is 0. The third-order valence-corrected chi connectivity index (χ3v) is 20.0. The normalized spacial score (nSPS) is 44.5. The maximum Gasteiger partial charge on any atom is 0.312 e. The number of rotatable bonds is 9. The summed E-state index contributed by atoms with van der Waals surface area (Å²) in [5.41, 5.74) is 3.65. The lowest BCUT2D eigenvalue weighted by molar-refractivity contribution is -0.221. The highest BCUT2D eigenvalue weighted by molar-refractivity contribution is 7.91. The van der Waals surface area contributed by atoms with Crippen LogP contribution < -0.4 is 5.32 Å². The van der Waals surface area contributed by atoms with Crippen molar-refractivity contribution in [3.05, 3.63) is 35.5 Å². The third-order valence-electron chi connectivity index (χ3n) is 18.4. The zero-order chi connectivity index (χ0) is 38.4. The van der Waals surface area contributed by atoms with Crippen LogP contribution >= 0.6 is 0 Å². The second-order valence-corrected chi connectivity index (χ2v) is 23.2. The molecule has 1 heterocycles. The number of sulfone groups is 1. The lowest BCUT2D eigenvalue weighted by Gasteiger charge is -2.72. The summed E-state index contributed by atoms with van der Waals surface area (Å²) in [6.45, 7) is 22.8. The molecule has 0 radical (unpaired) electrons. The second-order valence-electron chi connectivity index (χ2n) is 20.8. The summed E-state index contributed by atoms with van der Waals surface area (Å²) in [6.07, 6.45) is 19.9. The molecule has 6 nitrogen and oxygen atoms in total. The lowest BCUT2D eigenvalue weighted by atomic mass is 9.33. The van der Waals surface area contributed by atoms with Crippen molar-refractivity contribution in [1.29, 1.82) is 0 Å². The van der Waals surface area contributed by atoms with Crippen molar-refractivity contribution in [2.24, 2.45) is 56.7 Å². The molecule has 1 aliphatic heterocycles. The first-order chi connectivity index (χ1) is 24.8. The number of piperidine rings is 1. The van der Waals surface area contributed by atoms with Crippen LogP contribution in [-0.4, -0.2) is 74.3 Å². The van der Waals surface area contributed by atoms with E-state index < -0.39 is 27.9 Å². The van der Waals surface area contributed by atoms with Gasteiger partial charge in [0.1, 0.15) is 16.5 Å². The number of alkyl halides is 1. The van der Waals surface area contributed by atoms with E-state index in [0.717, 1.165) is 45.4 Å². The zero-order valence-electron chi connectivity index (χ0n) is 34.2. The number of carboxylic acids is 1. The van der Waals surface area contributed by atoms with E-state index in [9.17, 15) is 22.7 Å². The van der Waals surface area contributed by atoms with Crippen LogP contribution in [0.5, 0.6) is 0 Å². The van der Waals surface area contributed by atoms with Crippen LogP contribution in [0.25, 0.3) is 0 Å². The molecule has 10 atom stereocenters. The zero-order valence-corrected chi connectivity index (χ0v) is 35.0. The molecule has 0 aromatic carbocycles. The first-order valence-corrected chi connectivity index (χ1v) is 23.2. The second kappa shape index (κ2) is 13.6. The van der Waals surface area contributed by atoms with E-state index in [0.29, 0.717) is 42.4 Å². The van der Waals surface area contributed by atoms with Gasteiger partial charge in [0.15, 0.2) is 0 Å². The van der Waals surface area contributed by atoms with E-state index >= 15 is 0 Å². The Kier molecular flexibility index (Phi) is 10.2. The predicted octanol–water partition coefficient (Wildman–Crippen LogP) is 9.18. The minimum atomic E-state index is -2.96. The topological polar surface area (TPSA) is 86.7 Å². The van der Waals surface area contributed by atoms with Gasteiger partial charge in [0.25, 0.3) is 0 Å². The molecular formula is C45H71FN2O4S. The number of carbonyl (C=O) groups is 1. The molecule has 0 aromatic heterocycles. The van der Waals surface area contributed by atoms with Gasteiger partial charge in [-0.25, -0.2) is 12.8 Å². The Hall–Kier alpha value is -1.51. The van der Waals surface area contributed by atoms with E-state index in [-0.39, 0.29) is 38.9 Å². The quantitative estimate of drug-likeness (QED) is 0.229. The highest BCUT2D eigenvalue weighted by Crippen LogP contribution is 2.76. The number of likely N-dealkylation sites (tertiary alicyclic amines) is 1. The fourth-order valence-corrected chi connectivity index (χ4v) is 16.2. The minimum Gasteiger partial charge on any atom is -0.481 e. The van der Waals surface area contributed by atoms with Crippen molar-refractivity contribution in [1.82, 2.24) is 10.2 Å². The predicted molar refractivity (Wildman–Crippen MR) is 213 cm³/mol. The molecule has 2 N–H and O–H groups in total. The summed E-state index contributed by atoms with van der Waals surface area (Å²) in [4.78, 5) is 14.5. The van der Waals surface area contributed by atoms with E-state index in [1.165, 1.54) is 74.3 Å². The van der Waals surface area contributed by atoms with Crippen LogP contribution in [0.4, 0.5) is 4.39 Å². The van der Waals surface area contributed by atoms with Gasteiger partial charge in [0, 0.05) is 24.9 Å². The Bertz CT molecular complexity index is 1650. The number of hydrogen-bond donors (Lipinski definition) is 2. The number of allylic oxidation sites excluding steroid dienone is 5. The van der Waals surface area contributed by atoms with E-state index in [1.807, 2.05) is 0 Å². The molecule has 1 saturated heterocycles. The fourth-order valence-electron chi connectivity index (χ4n) is 15.1.